The van der Waals surface area contributed by atoms with Crippen molar-refractivity contribution in [1.82, 2.24) is 5.32 Å². The summed E-state index contributed by atoms with van der Waals surface area (Å²) < 4.78 is 13.7. The molecule has 22 heavy (non-hydrogen) atoms. The molecule has 0 fully saturated rings. The first kappa shape index (κ1) is 16.1. The number of ketones is 1. The molecule has 0 aliphatic rings. The summed E-state index contributed by atoms with van der Waals surface area (Å²) in [4.78, 5) is 12.1. The second-order valence-electron chi connectivity index (χ2n) is 5.06. The molecule has 0 aromatic heterocycles. The Morgan fingerprint density at radius 1 is 1.23 bits per heavy atom. The van der Waals surface area contributed by atoms with Crippen molar-refractivity contribution in [2.24, 2.45) is 0 Å². The Kier molecular flexibility index (Phi) is 5.22. The Bertz CT molecular complexity index is 685. The SMILES string of the molecule is CC(=O)C(Cc1ccc(N)cc1)NC(=S)c1ccccc1F. The summed E-state index contributed by atoms with van der Waals surface area (Å²) in [6.07, 6.45) is 0.463. The molecule has 3 N–H and O–H groups in total. The van der Waals surface area contributed by atoms with E-state index in [1.807, 2.05) is 12.1 Å². The second kappa shape index (κ2) is 7.13. The standard InChI is InChI=1S/C17H17FN2OS/c1-11(21)16(10-12-6-8-13(19)9-7-12)20-17(22)14-4-2-3-5-15(14)18/h2-9,16H,10,19H2,1H3,(H,20,22). The van der Waals surface area contributed by atoms with Gasteiger partial charge in [0, 0.05) is 11.3 Å². The fraction of sp³-hybridized carbons (Fsp3) is 0.176. The Morgan fingerprint density at radius 2 is 1.86 bits per heavy atom. The summed E-state index contributed by atoms with van der Waals surface area (Å²) in [5.41, 5.74) is 7.56. The van der Waals surface area contributed by atoms with E-state index < -0.39 is 11.9 Å². The first-order valence-corrected chi connectivity index (χ1v) is 7.28. The maximum Gasteiger partial charge on any atom is 0.152 e. The molecule has 0 heterocycles. The van der Waals surface area contributed by atoms with Crippen LogP contribution in [0, 0.1) is 5.82 Å². The van der Waals surface area contributed by atoms with E-state index in [2.05, 4.69) is 5.32 Å². The minimum atomic E-state index is -0.504. The normalized spacial score (nSPS) is 11.7. The van der Waals surface area contributed by atoms with Crippen molar-refractivity contribution >= 4 is 28.7 Å². The van der Waals surface area contributed by atoms with Crippen LogP contribution in [0.5, 0.6) is 0 Å². The zero-order valence-electron chi connectivity index (χ0n) is 12.2. The highest BCUT2D eigenvalue weighted by atomic mass is 32.1. The highest BCUT2D eigenvalue weighted by Gasteiger charge is 2.18. The molecule has 2 rings (SSSR count). The Balaban J connectivity index is 2.12. The van der Waals surface area contributed by atoms with Crippen LogP contribution in [0.4, 0.5) is 10.1 Å². The van der Waals surface area contributed by atoms with Crippen LogP contribution in [0.1, 0.15) is 18.1 Å². The number of carbonyl (C=O) groups excluding carboxylic acids is 1. The van der Waals surface area contributed by atoms with Crippen LogP contribution in [0.3, 0.4) is 0 Å². The van der Waals surface area contributed by atoms with Gasteiger partial charge in [0.2, 0.25) is 0 Å². The van der Waals surface area contributed by atoms with Gasteiger partial charge in [0.15, 0.2) is 5.78 Å². The molecule has 114 valence electrons. The minimum absolute atomic E-state index is 0.0597. The van der Waals surface area contributed by atoms with Crippen LogP contribution < -0.4 is 11.1 Å². The number of nitrogens with two attached hydrogens (primary N) is 1. The Labute approximate surface area is 134 Å². The first-order chi connectivity index (χ1) is 10.5. The van der Waals surface area contributed by atoms with E-state index in [1.165, 1.54) is 13.0 Å². The van der Waals surface area contributed by atoms with Crippen LogP contribution in [-0.2, 0) is 11.2 Å². The van der Waals surface area contributed by atoms with Gasteiger partial charge in [-0.1, -0.05) is 36.5 Å². The topological polar surface area (TPSA) is 55.1 Å². The molecule has 2 aromatic carbocycles. The number of benzene rings is 2. The molecule has 3 nitrogen and oxygen atoms in total. The molecule has 5 heteroatoms. The summed E-state index contributed by atoms with van der Waals surface area (Å²) >= 11 is 5.22. The lowest BCUT2D eigenvalue weighted by molar-refractivity contribution is -0.118. The summed E-state index contributed by atoms with van der Waals surface area (Å²) in [6.45, 7) is 1.49. The monoisotopic (exact) mass is 316 g/mol. The first-order valence-electron chi connectivity index (χ1n) is 6.87. The maximum absolute atomic E-state index is 13.7. The lowest BCUT2D eigenvalue weighted by Gasteiger charge is -2.18. The average molecular weight is 316 g/mol. The van der Waals surface area contributed by atoms with Gasteiger partial charge in [-0.3, -0.25) is 4.79 Å². The number of hydrogen-bond donors (Lipinski definition) is 2. The van der Waals surface area contributed by atoms with Gasteiger partial charge in [0.1, 0.15) is 10.8 Å². The average Bonchev–Trinajstić information content (AvgIpc) is 2.49. The van der Waals surface area contributed by atoms with Crippen molar-refractivity contribution in [2.45, 2.75) is 19.4 Å². The van der Waals surface area contributed by atoms with Crippen molar-refractivity contribution in [3.8, 4) is 0 Å². The molecular weight excluding hydrogens is 299 g/mol. The highest BCUT2D eigenvalue weighted by molar-refractivity contribution is 7.80. The number of Topliss-reactive ketones (excluding diaryl/α,β-unsaturated/α-hetero) is 1. The summed E-state index contributed by atoms with van der Waals surface area (Å²) in [5.74, 6) is -0.467. The van der Waals surface area contributed by atoms with Crippen molar-refractivity contribution < 1.29 is 9.18 Å². The van der Waals surface area contributed by atoms with E-state index >= 15 is 0 Å². The van der Waals surface area contributed by atoms with Crippen LogP contribution in [0.2, 0.25) is 0 Å². The van der Waals surface area contributed by atoms with Gasteiger partial charge in [-0.25, -0.2) is 4.39 Å². The number of thiocarbonyl (C=S) groups is 1. The number of nitrogens with one attached hydrogen (secondary N) is 1. The van der Waals surface area contributed by atoms with Gasteiger partial charge >= 0.3 is 0 Å². The molecule has 0 radical (unpaired) electrons. The van der Waals surface area contributed by atoms with E-state index in [9.17, 15) is 9.18 Å². The summed E-state index contributed by atoms with van der Waals surface area (Å²) in [7, 11) is 0. The molecule has 0 bridgehead atoms. The highest BCUT2D eigenvalue weighted by Crippen LogP contribution is 2.11. The molecular formula is C17H17FN2OS. The number of hydrogen-bond acceptors (Lipinski definition) is 3. The summed E-state index contributed by atoms with van der Waals surface area (Å²) in [6, 6.07) is 13.0. The van der Waals surface area contributed by atoms with E-state index in [0.29, 0.717) is 17.7 Å². The third-order valence-electron chi connectivity index (χ3n) is 3.33. The zero-order valence-corrected chi connectivity index (χ0v) is 13.0. The zero-order chi connectivity index (χ0) is 16.1. The van der Waals surface area contributed by atoms with Gasteiger partial charge in [-0.15, -0.1) is 0 Å². The smallest absolute Gasteiger partial charge is 0.152 e. The fourth-order valence-electron chi connectivity index (χ4n) is 2.07. The van der Waals surface area contributed by atoms with Crippen molar-refractivity contribution in [3.05, 3.63) is 65.5 Å². The molecule has 0 aliphatic carbocycles. The molecule has 0 amide bonds. The van der Waals surface area contributed by atoms with Crippen molar-refractivity contribution in [2.75, 3.05) is 5.73 Å². The van der Waals surface area contributed by atoms with Crippen LogP contribution in [0.25, 0.3) is 0 Å². The lowest BCUT2D eigenvalue weighted by Crippen LogP contribution is -2.41. The maximum atomic E-state index is 13.7. The fourth-order valence-corrected chi connectivity index (χ4v) is 2.37. The van der Waals surface area contributed by atoms with Crippen LogP contribution in [0.15, 0.2) is 48.5 Å². The second-order valence-corrected chi connectivity index (χ2v) is 5.47. The van der Waals surface area contributed by atoms with Crippen LogP contribution >= 0.6 is 12.2 Å². The predicted octanol–water partition coefficient (Wildman–Crippen LogP) is 2.87. The minimum Gasteiger partial charge on any atom is -0.399 e. The third kappa shape index (κ3) is 4.11. The number of carbonyl (C=O) groups is 1. The largest absolute Gasteiger partial charge is 0.399 e. The van der Waals surface area contributed by atoms with Gasteiger partial charge < -0.3 is 11.1 Å². The molecule has 2 aromatic rings. The third-order valence-corrected chi connectivity index (χ3v) is 3.67. The Morgan fingerprint density at radius 3 is 2.45 bits per heavy atom. The van der Waals surface area contributed by atoms with Gasteiger partial charge in [0.25, 0.3) is 0 Å². The number of anilines is 1. The number of rotatable bonds is 5. The van der Waals surface area contributed by atoms with Gasteiger partial charge in [-0.2, -0.15) is 0 Å². The van der Waals surface area contributed by atoms with E-state index in [-0.39, 0.29) is 10.8 Å². The molecule has 0 spiro atoms. The molecule has 0 saturated heterocycles. The number of nitrogen functional groups attached to an aromatic ring is 1. The van der Waals surface area contributed by atoms with Gasteiger partial charge in [0.05, 0.1) is 6.04 Å². The summed E-state index contributed by atoms with van der Waals surface area (Å²) in [5, 5.41) is 2.95. The Hall–Kier alpha value is -2.27. The van der Waals surface area contributed by atoms with Gasteiger partial charge in [-0.05, 0) is 43.2 Å². The molecule has 1 unspecified atom stereocenters. The molecule has 0 saturated carbocycles. The molecule has 1 atom stereocenters. The lowest BCUT2D eigenvalue weighted by atomic mass is 10.0. The van der Waals surface area contributed by atoms with Crippen molar-refractivity contribution in [1.29, 1.82) is 0 Å². The predicted molar refractivity (Wildman–Crippen MR) is 90.3 cm³/mol. The van der Waals surface area contributed by atoms with E-state index in [0.717, 1.165) is 5.56 Å². The molecule has 0 aliphatic heterocycles. The van der Waals surface area contributed by atoms with E-state index in [4.69, 9.17) is 18.0 Å². The van der Waals surface area contributed by atoms with E-state index in [1.54, 1.807) is 30.3 Å². The number of halogens is 1. The van der Waals surface area contributed by atoms with Crippen LogP contribution in [-0.4, -0.2) is 16.8 Å². The van der Waals surface area contributed by atoms with Crippen molar-refractivity contribution in [3.63, 3.8) is 0 Å². The quantitative estimate of drug-likeness (QED) is 0.658.